The average Bonchev–Trinajstić information content (AvgIpc) is 2.84. The normalized spacial score (nSPS) is 10.7. The van der Waals surface area contributed by atoms with Crippen LogP contribution in [0.3, 0.4) is 0 Å². The Kier molecular flexibility index (Phi) is 3.03. The van der Waals surface area contributed by atoms with Crippen molar-refractivity contribution in [3.8, 4) is 0 Å². The molecule has 3 nitrogen and oxygen atoms in total. The predicted molar refractivity (Wildman–Crippen MR) is 80.1 cm³/mol. The van der Waals surface area contributed by atoms with Crippen LogP contribution < -0.4 is 5.32 Å². The van der Waals surface area contributed by atoms with E-state index in [1.54, 1.807) is 6.07 Å². The summed E-state index contributed by atoms with van der Waals surface area (Å²) < 4.78 is 5.61. The predicted octanol–water partition coefficient (Wildman–Crippen LogP) is 4.30. The number of amides is 1. The maximum absolute atomic E-state index is 12.2. The lowest BCUT2D eigenvalue weighted by Gasteiger charge is -2.05. The summed E-state index contributed by atoms with van der Waals surface area (Å²) in [5.41, 5.74) is 3.67. The first-order valence-electron chi connectivity index (χ1n) is 6.51. The van der Waals surface area contributed by atoms with Crippen LogP contribution in [0.25, 0.3) is 11.0 Å². The van der Waals surface area contributed by atoms with Crippen LogP contribution in [0.2, 0.25) is 0 Å². The summed E-state index contributed by atoms with van der Waals surface area (Å²) in [5, 5.41) is 3.81. The average molecular weight is 265 g/mol. The number of aryl methyl sites for hydroxylation is 2. The Balaban J connectivity index is 1.91. The van der Waals surface area contributed by atoms with Crippen molar-refractivity contribution in [2.24, 2.45) is 0 Å². The number of hydrogen-bond acceptors (Lipinski definition) is 2. The second-order valence-electron chi connectivity index (χ2n) is 4.92. The van der Waals surface area contributed by atoms with E-state index >= 15 is 0 Å². The van der Waals surface area contributed by atoms with E-state index in [4.69, 9.17) is 4.42 Å². The van der Waals surface area contributed by atoms with Gasteiger partial charge in [0.05, 0.1) is 0 Å². The maximum atomic E-state index is 12.2. The largest absolute Gasteiger partial charge is 0.451 e. The van der Waals surface area contributed by atoms with Crippen molar-refractivity contribution < 1.29 is 9.21 Å². The van der Waals surface area contributed by atoms with Gasteiger partial charge in [-0.1, -0.05) is 30.3 Å². The minimum absolute atomic E-state index is 0.229. The number of rotatable bonds is 2. The number of hydrogen-bond donors (Lipinski definition) is 1. The van der Waals surface area contributed by atoms with Crippen LogP contribution in [0, 0.1) is 13.8 Å². The second-order valence-corrected chi connectivity index (χ2v) is 4.92. The molecule has 0 radical (unpaired) electrons. The number of furan rings is 1. The van der Waals surface area contributed by atoms with Crippen LogP contribution >= 0.6 is 0 Å². The van der Waals surface area contributed by atoms with Crippen LogP contribution in [-0.4, -0.2) is 5.91 Å². The molecule has 0 spiro atoms. The smallest absolute Gasteiger partial charge is 0.291 e. The molecule has 0 aliphatic carbocycles. The van der Waals surface area contributed by atoms with Gasteiger partial charge in [0.15, 0.2) is 5.76 Å². The molecule has 0 aliphatic rings. The first-order valence-corrected chi connectivity index (χ1v) is 6.51. The number of nitrogens with one attached hydrogen (secondary N) is 1. The maximum Gasteiger partial charge on any atom is 0.291 e. The molecule has 0 aliphatic heterocycles. The van der Waals surface area contributed by atoms with Gasteiger partial charge in [-0.15, -0.1) is 0 Å². The van der Waals surface area contributed by atoms with E-state index in [0.29, 0.717) is 5.76 Å². The number of para-hydroxylation sites is 1. The Morgan fingerprint density at radius 3 is 2.65 bits per heavy atom. The standard InChI is InChI=1S/C17H15NO2/c1-11-7-8-13-10-16(20-15(13)9-11)17(19)18-14-6-4-3-5-12(14)2/h3-10H,1-2H3,(H,18,19). The SMILES string of the molecule is Cc1ccc2cc(C(=O)Nc3ccccc3C)oc2c1. The molecule has 3 heteroatoms. The van der Waals surface area contributed by atoms with E-state index < -0.39 is 0 Å². The van der Waals surface area contributed by atoms with Crippen molar-refractivity contribution in [3.63, 3.8) is 0 Å². The van der Waals surface area contributed by atoms with Gasteiger partial charge in [-0.2, -0.15) is 0 Å². The third-order valence-electron chi connectivity index (χ3n) is 3.29. The Morgan fingerprint density at radius 2 is 1.85 bits per heavy atom. The Labute approximate surface area is 117 Å². The summed E-state index contributed by atoms with van der Waals surface area (Å²) in [5.74, 6) is 0.0991. The fourth-order valence-corrected chi connectivity index (χ4v) is 2.15. The number of benzene rings is 2. The molecule has 0 unspecified atom stereocenters. The summed E-state index contributed by atoms with van der Waals surface area (Å²) in [6.07, 6.45) is 0. The zero-order valence-electron chi connectivity index (χ0n) is 11.4. The topological polar surface area (TPSA) is 42.2 Å². The molecular weight excluding hydrogens is 250 g/mol. The van der Waals surface area contributed by atoms with Crippen molar-refractivity contribution >= 4 is 22.6 Å². The molecule has 0 bridgehead atoms. The van der Waals surface area contributed by atoms with E-state index in [2.05, 4.69) is 5.32 Å². The van der Waals surface area contributed by atoms with Crippen LogP contribution in [0.15, 0.2) is 52.9 Å². The Hall–Kier alpha value is -2.55. The highest BCUT2D eigenvalue weighted by Gasteiger charge is 2.13. The minimum atomic E-state index is -0.229. The summed E-state index contributed by atoms with van der Waals surface area (Å²) in [4.78, 5) is 12.2. The number of fused-ring (bicyclic) bond motifs is 1. The summed E-state index contributed by atoms with van der Waals surface area (Å²) in [6, 6.07) is 15.3. The molecule has 1 N–H and O–H groups in total. The summed E-state index contributed by atoms with van der Waals surface area (Å²) in [7, 11) is 0. The first kappa shape index (κ1) is 12.5. The van der Waals surface area contributed by atoms with E-state index in [9.17, 15) is 4.79 Å². The molecule has 100 valence electrons. The van der Waals surface area contributed by atoms with Gasteiger partial charge in [-0.05, 0) is 43.2 Å². The van der Waals surface area contributed by atoms with Crippen LogP contribution in [0.4, 0.5) is 5.69 Å². The third kappa shape index (κ3) is 2.30. The number of carbonyl (C=O) groups is 1. The van der Waals surface area contributed by atoms with E-state index in [1.165, 1.54) is 0 Å². The van der Waals surface area contributed by atoms with Gasteiger partial charge >= 0.3 is 0 Å². The zero-order valence-corrected chi connectivity index (χ0v) is 11.4. The van der Waals surface area contributed by atoms with E-state index in [0.717, 1.165) is 27.8 Å². The minimum Gasteiger partial charge on any atom is -0.451 e. The van der Waals surface area contributed by atoms with E-state index in [-0.39, 0.29) is 5.91 Å². The van der Waals surface area contributed by atoms with Crippen molar-refractivity contribution in [1.29, 1.82) is 0 Å². The lowest BCUT2D eigenvalue weighted by molar-refractivity contribution is 0.0998. The fourth-order valence-electron chi connectivity index (χ4n) is 2.15. The van der Waals surface area contributed by atoms with Gasteiger partial charge in [0.25, 0.3) is 5.91 Å². The highest BCUT2D eigenvalue weighted by atomic mass is 16.3. The third-order valence-corrected chi connectivity index (χ3v) is 3.29. The zero-order chi connectivity index (χ0) is 14.1. The number of carbonyl (C=O) groups excluding carboxylic acids is 1. The quantitative estimate of drug-likeness (QED) is 0.750. The molecule has 20 heavy (non-hydrogen) atoms. The van der Waals surface area contributed by atoms with Gasteiger partial charge in [0.2, 0.25) is 0 Å². The van der Waals surface area contributed by atoms with Gasteiger partial charge in [-0.3, -0.25) is 4.79 Å². The highest BCUT2D eigenvalue weighted by molar-refractivity contribution is 6.05. The highest BCUT2D eigenvalue weighted by Crippen LogP contribution is 2.22. The molecule has 3 aromatic rings. The molecule has 1 heterocycles. The second kappa shape index (κ2) is 4.85. The molecule has 0 saturated heterocycles. The lowest BCUT2D eigenvalue weighted by Crippen LogP contribution is -2.11. The molecular formula is C17H15NO2. The number of anilines is 1. The monoisotopic (exact) mass is 265 g/mol. The summed E-state index contributed by atoms with van der Waals surface area (Å²) >= 11 is 0. The van der Waals surface area contributed by atoms with Crippen LogP contribution in [-0.2, 0) is 0 Å². The molecule has 0 fully saturated rings. The molecule has 1 amide bonds. The molecule has 3 rings (SSSR count). The van der Waals surface area contributed by atoms with E-state index in [1.807, 2.05) is 56.3 Å². The van der Waals surface area contributed by atoms with Gasteiger partial charge in [0, 0.05) is 11.1 Å². The molecule has 0 atom stereocenters. The first-order chi connectivity index (χ1) is 9.63. The Bertz CT molecular complexity index is 787. The van der Waals surface area contributed by atoms with Gasteiger partial charge in [0.1, 0.15) is 5.58 Å². The lowest BCUT2D eigenvalue weighted by atomic mass is 10.2. The summed E-state index contributed by atoms with van der Waals surface area (Å²) in [6.45, 7) is 3.95. The van der Waals surface area contributed by atoms with Crippen molar-refractivity contribution in [2.45, 2.75) is 13.8 Å². The molecule has 0 saturated carbocycles. The van der Waals surface area contributed by atoms with Crippen LogP contribution in [0.1, 0.15) is 21.7 Å². The fraction of sp³-hybridized carbons (Fsp3) is 0.118. The van der Waals surface area contributed by atoms with Crippen LogP contribution in [0.5, 0.6) is 0 Å². The molecule has 2 aromatic carbocycles. The molecule has 1 aromatic heterocycles. The van der Waals surface area contributed by atoms with Gasteiger partial charge in [-0.25, -0.2) is 0 Å². The van der Waals surface area contributed by atoms with Crippen molar-refractivity contribution in [2.75, 3.05) is 5.32 Å². The van der Waals surface area contributed by atoms with Gasteiger partial charge < -0.3 is 9.73 Å². The van der Waals surface area contributed by atoms with Crippen molar-refractivity contribution in [3.05, 3.63) is 65.4 Å². The Morgan fingerprint density at radius 1 is 1.05 bits per heavy atom. The van der Waals surface area contributed by atoms with Crippen molar-refractivity contribution in [1.82, 2.24) is 0 Å².